The first-order valence-corrected chi connectivity index (χ1v) is 13.6. The number of anilines is 2. The van der Waals surface area contributed by atoms with Crippen molar-refractivity contribution in [1.29, 1.82) is 0 Å². The number of hydrogen-bond donors (Lipinski definition) is 2. The van der Waals surface area contributed by atoms with E-state index in [4.69, 9.17) is 0 Å². The predicted octanol–water partition coefficient (Wildman–Crippen LogP) is 2.98. The molecule has 192 valence electrons. The summed E-state index contributed by atoms with van der Waals surface area (Å²) < 4.78 is 0. The largest absolute Gasteiger partial charge is 0.273 e. The van der Waals surface area contributed by atoms with Crippen molar-refractivity contribution in [2.75, 3.05) is 21.3 Å². The molecule has 2 saturated heterocycles. The van der Waals surface area contributed by atoms with Gasteiger partial charge in [-0.15, -0.1) is 10.2 Å². The first-order valence-electron chi connectivity index (χ1n) is 11.7. The molecule has 2 aliphatic rings. The number of thioether (sulfide) groups is 2. The van der Waals surface area contributed by atoms with Crippen molar-refractivity contribution in [3.63, 3.8) is 0 Å². The number of nitrogens with one attached hydrogen (secondary N) is 2. The Morgan fingerprint density at radius 1 is 0.811 bits per heavy atom. The number of rotatable bonds is 8. The molecule has 4 amide bonds. The Hall–Kier alpha value is -3.64. The number of amidine groups is 2. The second kappa shape index (κ2) is 12.1. The van der Waals surface area contributed by atoms with E-state index in [0.29, 0.717) is 28.1 Å². The molecule has 1 unspecified atom stereocenters. The molecular formula is C25H26N6O4S2. The number of hydrazone groups is 2. The topological polar surface area (TPSA) is 124 Å². The Balaban J connectivity index is 1.48. The highest BCUT2D eigenvalue weighted by Crippen LogP contribution is 2.27. The Kier molecular flexibility index (Phi) is 8.62. The summed E-state index contributed by atoms with van der Waals surface area (Å²) in [6, 6.07) is 18.0. The van der Waals surface area contributed by atoms with E-state index in [9.17, 15) is 19.2 Å². The standard InChI is InChI=1S/C25H26N6O4S2/c1-3-16(2)21(22(34)26-28-24-30(19(32)14-36-24)17-10-6-4-7-11-17)23(35)27-29-25-31(20(33)15-37-25)18-12-8-5-9-13-18/h4-13,16,21H,3,14-15H2,1-2H3,(H,26,34)(H,27,35). The van der Waals surface area contributed by atoms with Gasteiger partial charge in [0.25, 0.3) is 11.8 Å². The minimum atomic E-state index is -1.08. The van der Waals surface area contributed by atoms with Gasteiger partial charge in [-0.2, -0.15) is 0 Å². The summed E-state index contributed by atoms with van der Waals surface area (Å²) >= 11 is 2.41. The molecule has 0 aliphatic carbocycles. The van der Waals surface area contributed by atoms with E-state index in [1.54, 1.807) is 31.2 Å². The van der Waals surface area contributed by atoms with Gasteiger partial charge in [-0.3, -0.25) is 29.0 Å². The molecule has 2 aromatic carbocycles. The zero-order chi connectivity index (χ0) is 26.4. The fraction of sp³-hybridized carbons (Fsp3) is 0.280. The predicted molar refractivity (Wildman–Crippen MR) is 147 cm³/mol. The van der Waals surface area contributed by atoms with Gasteiger partial charge in [-0.05, 0) is 30.2 Å². The number of carbonyl (C=O) groups excluding carboxylic acids is 4. The fourth-order valence-electron chi connectivity index (χ4n) is 3.77. The molecule has 4 rings (SSSR count). The van der Waals surface area contributed by atoms with E-state index in [0.717, 1.165) is 0 Å². The molecule has 2 aromatic rings. The minimum absolute atomic E-state index is 0.150. The zero-order valence-electron chi connectivity index (χ0n) is 20.3. The Labute approximate surface area is 222 Å². The molecule has 0 bridgehead atoms. The third-order valence-electron chi connectivity index (χ3n) is 5.86. The quantitative estimate of drug-likeness (QED) is 0.394. The van der Waals surface area contributed by atoms with Gasteiger partial charge in [0.1, 0.15) is 5.92 Å². The second-order valence-electron chi connectivity index (χ2n) is 8.31. The van der Waals surface area contributed by atoms with Crippen LogP contribution in [0.25, 0.3) is 0 Å². The summed E-state index contributed by atoms with van der Waals surface area (Å²) in [7, 11) is 0. The van der Waals surface area contributed by atoms with Crippen molar-refractivity contribution in [1.82, 2.24) is 10.9 Å². The SMILES string of the molecule is CCC(C)C(C(=O)NN=C1SCC(=O)N1c1ccccc1)C(=O)NN=C1SCC(=O)N1c1ccccc1. The Morgan fingerprint density at radius 3 is 1.59 bits per heavy atom. The van der Waals surface area contributed by atoms with Crippen LogP contribution in [0.3, 0.4) is 0 Å². The highest BCUT2D eigenvalue weighted by atomic mass is 32.2. The van der Waals surface area contributed by atoms with Crippen LogP contribution < -0.4 is 20.7 Å². The van der Waals surface area contributed by atoms with Crippen LogP contribution in [-0.4, -0.2) is 45.5 Å². The van der Waals surface area contributed by atoms with Gasteiger partial charge >= 0.3 is 0 Å². The van der Waals surface area contributed by atoms with Gasteiger partial charge in [0.15, 0.2) is 10.3 Å². The summed E-state index contributed by atoms with van der Waals surface area (Å²) in [4.78, 5) is 53.8. The van der Waals surface area contributed by atoms with Gasteiger partial charge in [0, 0.05) is 0 Å². The van der Waals surface area contributed by atoms with E-state index in [1.807, 2.05) is 43.3 Å². The molecule has 10 nitrogen and oxygen atoms in total. The molecule has 0 radical (unpaired) electrons. The Bertz CT molecular complexity index is 1150. The summed E-state index contributed by atoms with van der Waals surface area (Å²) in [5, 5.41) is 8.98. The normalized spacial score (nSPS) is 19.4. The van der Waals surface area contributed by atoms with Crippen LogP contribution in [-0.2, 0) is 19.2 Å². The lowest BCUT2D eigenvalue weighted by Crippen LogP contribution is -2.43. The average molecular weight is 539 g/mol. The van der Waals surface area contributed by atoms with Gasteiger partial charge < -0.3 is 0 Å². The van der Waals surface area contributed by atoms with Crippen molar-refractivity contribution in [3.05, 3.63) is 60.7 Å². The smallest absolute Gasteiger partial charge is 0.253 e. The number of amides is 4. The lowest BCUT2D eigenvalue weighted by Gasteiger charge is -2.21. The minimum Gasteiger partial charge on any atom is -0.273 e. The van der Waals surface area contributed by atoms with Crippen molar-refractivity contribution >= 4 is 68.9 Å². The van der Waals surface area contributed by atoms with E-state index < -0.39 is 17.7 Å². The average Bonchev–Trinajstić information content (AvgIpc) is 3.48. The van der Waals surface area contributed by atoms with Crippen LogP contribution in [0, 0.1) is 11.8 Å². The van der Waals surface area contributed by atoms with Gasteiger partial charge in [-0.25, -0.2) is 10.9 Å². The molecule has 2 heterocycles. The molecule has 2 aliphatic heterocycles. The van der Waals surface area contributed by atoms with Crippen LogP contribution in [0.15, 0.2) is 70.9 Å². The first kappa shape index (κ1) is 26.4. The number of carbonyl (C=O) groups is 4. The number of nitrogens with zero attached hydrogens (tertiary/aromatic N) is 4. The monoisotopic (exact) mass is 538 g/mol. The van der Waals surface area contributed by atoms with E-state index in [-0.39, 0.29) is 29.2 Å². The maximum atomic E-state index is 13.1. The fourth-order valence-corrected chi connectivity index (χ4v) is 5.42. The molecule has 0 aromatic heterocycles. The molecule has 0 saturated carbocycles. The van der Waals surface area contributed by atoms with Gasteiger partial charge in [-0.1, -0.05) is 80.2 Å². The second-order valence-corrected chi connectivity index (χ2v) is 10.2. The lowest BCUT2D eigenvalue weighted by atomic mass is 9.90. The van der Waals surface area contributed by atoms with Crippen molar-refractivity contribution in [3.8, 4) is 0 Å². The number of hydrogen-bond acceptors (Lipinski definition) is 8. The summed E-state index contributed by atoms with van der Waals surface area (Å²) in [6.45, 7) is 3.67. The molecule has 1 atom stereocenters. The van der Waals surface area contributed by atoms with Crippen molar-refractivity contribution in [2.24, 2.45) is 22.0 Å². The van der Waals surface area contributed by atoms with Crippen LogP contribution in [0.2, 0.25) is 0 Å². The van der Waals surface area contributed by atoms with Crippen molar-refractivity contribution < 1.29 is 19.2 Å². The first-order chi connectivity index (χ1) is 17.9. The van der Waals surface area contributed by atoms with Crippen LogP contribution in [0.1, 0.15) is 20.3 Å². The van der Waals surface area contributed by atoms with Crippen LogP contribution in [0.5, 0.6) is 0 Å². The third kappa shape index (κ3) is 6.03. The molecule has 2 fully saturated rings. The molecule has 37 heavy (non-hydrogen) atoms. The molecule has 2 N–H and O–H groups in total. The van der Waals surface area contributed by atoms with Crippen molar-refractivity contribution in [2.45, 2.75) is 20.3 Å². The van der Waals surface area contributed by atoms with Crippen LogP contribution >= 0.6 is 23.5 Å². The number of benzene rings is 2. The maximum Gasteiger partial charge on any atom is 0.253 e. The van der Waals surface area contributed by atoms with Gasteiger partial charge in [0.05, 0.1) is 22.9 Å². The highest BCUT2D eigenvalue weighted by Gasteiger charge is 2.35. The zero-order valence-corrected chi connectivity index (χ0v) is 21.9. The molecule has 0 spiro atoms. The highest BCUT2D eigenvalue weighted by molar-refractivity contribution is 8.15. The van der Waals surface area contributed by atoms with Gasteiger partial charge in [0.2, 0.25) is 11.8 Å². The van der Waals surface area contributed by atoms with Crippen LogP contribution in [0.4, 0.5) is 11.4 Å². The van der Waals surface area contributed by atoms with E-state index in [1.165, 1.54) is 33.3 Å². The van der Waals surface area contributed by atoms with E-state index in [2.05, 4.69) is 21.1 Å². The Morgan fingerprint density at radius 2 is 1.22 bits per heavy atom. The molecular weight excluding hydrogens is 512 g/mol. The summed E-state index contributed by atoms with van der Waals surface area (Å²) in [6.07, 6.45) is 0.561. The molecule has 12 heteroatoms. The summed E-state index contributed by atoms with van der Waals surface area (Å²) in [5.41, 5.74) is 6.22. The number of para-hydroxylation sites is 2. The summed E-state index contributed by atoms with van der Waals surface area (Å²) in [5.74, 6) is -2.52. The third-order valence-corrected chi connectivity index (χ3v) is 7.71. The lowest BCUT2D eigenvalue weighted by molar-refractivity contribution is -0.137. The maximum absolute atomic E-state index is 13.1. The van der Waals surface area contributed by atoms with E-state index >= 15 is 0 Å².